The van der Waals surface area contributed by atoms with E-state index in [1.54, 1.807) is 0 Å². The Labute approximate surface area is 180 Å². The van der Waals surface area contributed by atoms with Gasteiger partial charge in [0.2, 0.25) is 0 Å². The average Bonchev–Trinajstić information content (AvgIpc) is 2.76. The number of hydrogen-bond acceptors (Lipinski definition) is 0. The first-order chi connectivity index (χ1) is 14.8. The van der Waals surface area contributed by atoms with Gasteiger partial charge in [0.15, 0.2) is 0 Å². The molecule has 0 heterocycles. The van der Waals surface area contributed by atoms with Crippen molar-refractivity contribution in [2.75, 3.05) is 0 Å². The lowest BCUT2D eigenvalue weighted by Gasteiger charge is -2.19. The zero-order valence-corrected chi connectivity index (χ0v) is 18.7. The van der Waals surface area contributed by atoms with Crippen molar-refractivity contribution >= 4 is 43.1 Å². The molecule has 0 aliphatic heterocycles. The molecule has 5 aromatic carbocycles. The summed E-state index contributed by atoms with van der Waals surface area (Å²) in [5, 5.41) is 11.7. The second kappa shape index (κ2) is 8.42. The van der Waals surface area contributed by atoms with E-state index in [2.05, 4.69) is 62.4 Å². The summed E-state index contributed by atoms with van der Waals surface area (Å²) in [7, 11) is 0. The second-order valence-corrected chi connectivity index (χ2v) is 9.32. The van der Waals surface area contributed by atoms with E-state index in [9.17, 15) is 0 Å². The zero-order chi connectivity index (χ0) is 20.5. The first kappa shape index (κ1) is 19.6. The van der Waals surface area contributed by atoms with Crippen LogP contribution in [0.1, 0.15) is 76.3 Å². The SMILES string of the molecule is CCCCCCc1ccc2c(c1)c1cc3c4ccc(CCCCCC)cc4c3cc21. The lowest BCUT2D eigenvalue weighted by atomic mass is 9.84. The van der Waals surface area contributed by atoms with Crippen LogP contribution in [0.2, 0.25) is 0 Å². The number of unbranched alkanes of at least 4 members (excludes halogenated alkanes) is 6. The van der Waals surface area contributed by atoms with Gasteiger partial charge in [0.05, 0.1) is 0 Å². The third-order valence-corrected chi connectivity index (χ3v) is 7.12. The van der Waals surface area contributed by atoms with E-state index < -0.39 is 0 Å². The van der Waals surface area contributed by atoms with Crippen LogP contribution in [0.5, 0.6) is 0 Å². The molecule has 0 bridgehead atoms. The first-order valence-corrected chi connectivity index (χ1v) is 12.3. The summed E-state index contributed by atoms with van der Waals surface area (Å²) in [5.74, 6) is 0. The highest BCUT2D eigenvalue weighted by atomic mass is 14.2. The molecule has 0 fully saturated rings. The molecule has 154 valence electrons. The quantitative estimate of drug-likeness (QED) is 0.207. The fourth-order valence-corrected chi connectivity index (χ4v) is 5.29. The largest absolute Gasteiger partial charge is 0.0654 e. The van der Waals surface area contributed by atoms with E-state index in [-0.39, 0.29) is 0 Å². The van der Waals surface area contributed by atoms with Gasteiger partial charge in [-0.1, -0.05) is 88.8 Å². The topological polar surface area (TPSA) is 0 Å². The summed E-state index contributed by atoms with van der Waals surface area (Å²) in [6.45, 7) is 4.56. The molecule has 0 heteroatoms. The molecule has 0 saturated heterocycles. The summed E-state index contributed by atoms with van der Waals surface area (Å²) >= 11 is 0. The molecule has 5 aromatic rings. The maximum Gasteiger partial charge on any atom is -0.00922 e. The van der Waals surface area contributed by atoms with Crippen molar-refractivity contribution in [2.24, 2.45) is 0 Å². The minimum Gasteiger partial charge on any atom is -0.0654 e. The van der Waals surface area contributed by atoms with Crippen LogP contribution >= 0.6 is 0 Å². The average molecular weight is 395 g/mol. The lowest BCUT2D eigenvalue weighted by Crippen LogP contribution is -1.93. The van der Waals surface area contributed by atoms with Gasteiger partial charge < -0.3 is 0 Å². The van der Waals surface area contributed by atoms with Crippen molar-refractivity contribution < 1.29 is 0 Å². The number of benzene rings is 3. The summed E-state index contributed by atoms with van der Waals surface area (Å²) in [4.78, 5) is 0. The van der Waals surface area contributed by atoms with Crippen LogP contribution in [-0.4, -0.2) is 0 Å². The Balaban J connectivity index is 1.42. The summed E-state index contributed by atoms with van der Waals surface area (Å²) < 4.78 is 0. The number of aryl methyl sites for hydroxylation is 2. The van der Waals surface area contributed by atoms with Crippen LogP contribution in [0.3, 0.4) is 0 Å². The van der Waals surface area contributed by atoms with Gasteiger partial charge in [-0.2, -0.15) is 0 Å². The van der Waals surface area contributed by atoms with Crippen LogP contribution in [0.15, 0.2) is 48.5 Å². The molecule has 5 rings (SSSR count). The van der Waals surface area contributed by atoms with E-state index in [1.807, 2.05) is 0 Å². The monoisotopic (exact) mass is 394 g/mol. The number of rotatable bonds is 10. The van der Waals surface area contributed by atoms with Crippen molar-refractivity contribution in [1.29, 1.82) is 0 Å². The lowest BCUT2D eigenvalue weighted by molar-refractivity contribution is 0.667. The van der Waals surface area contributed by atoms with E-state index in [0.29, 0.717) is 0 Å². The van der Waals surface area contributed by atoms with Crippen molar-refractivity contribution in [3.8, 4) is 0 Å². The molecular weight excluding hydrogens is 360 g/mol. The molecule has 0 N–H and O–H groups in total. The van der Waals surface area contributed by atoms with Gasteiger partial charge in [-0.05, 0) is 92.0 Å². The maximum atomic E-state index is 2.46. The Hall–Kier alpha value is -2.34. The zero-order valence-electron chi connectivity index (χ0n) is 18.7. The Morgan fingerprint density at radius 1 is 0.400 bits per heavy atom. The van der Waals surface area contributed by atoms with E-state index in [1.165, 1.54) is 118 Å². The number of fused-ring (bicyclic) bond motifs is 8. The van der Waals surface area contributed by atoms with Crippen molar-refractivity contribution in [3.63, 3.8) is 0 Å². The molecule has 0 aliphatic rings. The van der Waals surface area contributed by atoms with E-state index >= 15 is 0 Å². The highest BCUT2D eigenvalue weighted by Crippen LogP contribution is 2.44. The molecule has 0 radical (unpaired) electrons. The Kier molecular flexibility index (Phi) is 5.50. The molecular formula is C30H34. The minimum absolute atomic E-state index is 1.22. The van der Waals surface area contributed by atoms with Crippen LogP contribution in [0, 0.1) is 0 Å². The molecule has 0 nitrogen and oxygen atoms in total. The molecule has 0 amide bonds. The van der Waals surface area contributed by atoms with Gasteiger partial charge in [-0.15, -0.1) is 0 Å². The Morgan fingerprint density at radius 2 is 0.800 bits per heavy atom. The second-order valence-electron chi connectivity index (χ2n) is 9.32. The molecule has 0 aromatic heterocycles. The normalized spacial score (nSPS) is 12.3. The summed E-state index contributed by atoms with van der Waals surface area (Å²) in [5.41, 5.74) is 3.01. The van der Waals surface area contributed by atoms with E-state index in [4.69, 9.17) is 0 Å². The van der Waals surface area contributed by atoms with Crippen LogP contribution in [0.4, 0.5) is 0 Å². The van der Waals surface area contributed by atoms with Gasteiger partial charge >= 0.3 is 0 Å². The highest BCUT2D eigenvalue weighted by molar-refractivity contribution is 6.34. The minimum atomic E-state index is 1.22. The summed E-state index contributed by atoms with van der Waals surface area (Å²) in [6.07, 6.45) is 13.1. The molecule has 0 aliphatic carbocycles. The smallest absolute Gasteiger partial charge is 0.00922 e. The third-order valence-electron chi connectivity index (χ3n) is 7.12. The van der Waals surface area contributed by atoms with Gasteiger partial charge in [-0.25, -0.2) is 0 Å². The Morgan fingerprint density at radius 3 is 1.23 bits per heavy atom. The van der Waals surface area contributed by atoms with Crippen LogP contribution < -0.4 is 0 Å². The van der Waals surface area contributed by atoms with Crippen molar-refractivity contribution in [2.45, 2.75) is 78.1 Å². The first-order valence-electron chi connectivity index (χ1n) is 12.3. The maximum absolute atomic E-state index is 2.46. The molecule has 0 saturated carbocycles. The van der Waals surface area contributed by atoms with Crippen LogP contribution in [-0.2, 0) is 12.8 Å². The highest BCUT2D eigenvalue weighted by Gasteiger charge is 2.16. The molecule has 30 heavy (non-hydrogen) atoms. The van der Waals surface area contributed by atoms with Crippen molar-refractivity contribution in [1.82, 2.24) is 0 Å². The Bertz CT molecular complexity index is 1160. The van der Waals surface area contributed by atoms with Gasteiger partial charge in [-0.3, -0.25) is 0 Å². The predicted octanol–water partition coefficient (Wildman–Crippen LogP) is 9.42. The summed E-state index contributed by atoms with van der Waals surface area (Å²) in [6, 6.07) is 19.3. The molecule has 0 atom stereocenters. The predicted molar refractivity (Wildman–Crippen MR) is 135 cm³/mol. The number of hydrogen-bond donors (Lipinski definition) is 0. The fraction of sp³-hybridized carbons (Fsp3) is 0.400. The standard InChI is InChI=1S/C30H34/c1-3-5-7-9-11-21-13-15-23-25(17-21)29-19-28-24-16-14-22(12-10-8-6-4-2)18-26(24)30(28)20-27(23)29/h13-20H,3-12H2,1-2H3. The van der Waals surface area contributed by atoms with Gasteiger partial charge in [0.25, 0.3) is 0 Å². The van der Waals surface area contributed by atoms with E-state index in [0.717, 1.165) is 0 Å². The van der Waals surface area contributed by atoms with Crippen LogP contribution in [0.25, 0.3) is 43.1 Å². The van der Waals surface area contributed by atoms with Crippen molar-refractivity contribution in [3.05, 3.63) is 59.7 Å². The van der Waals surface area contributed by atoms with Gasteiger partial charge in [0.1, 0.15) is 0 Å². The molecule has 0 spiro atoms. The third kappa shape index (κ3) is 3.41. The fourth-order valence-electron chi connectivity index (χ4n) is 5.29. The van der Waals surface area contributed by atoms with Gasteiger partial charge in [0, 0.05) is 0 Å². The molecule has 0 unspecified atom stereocenters.